The second-order valence-electron chi connectivity index (χ2n) is 6.10. The number of carbonyl (C=O) groups excluding carboxylic acids is 1. The van der Waals surface area contributed by atoms with E-state index < -0.39 is 17.6 Å². The van der Waals surface area contributed by atoms with Crippen LogP contribution in [0.15, 0.2) is 72.8 Å². The fraction of sp³-hybridized carbons (Fsp3) is 0.0952. The van der Waals surface area contributed by atoms with Crippen LogP contribution in [0, 0.1) is 6.92 Å². The number of hydrogen-bond donors (Lipinski definition) is 1. The lowest BCUT2D eigenvalue weighted by Gasteiger charge is -2.24. The summed E-state index contributed by atoms with van der Waals surface area (Å²) < 4.78 is 39.1. The van der Waals surface area contributed by atoms with E-state index in [0.29, 0.717) is 17.1 Å². The van der Waals surface area contributed by atoms with Gasteiger partial charge in [-0.15, -0.1) is 0 Å². The molecule has 0 aliphatic rings. The van der Waals surface area contributed by atoms with Gasteiger partial charge in [0.25, 0.3) is 5.91 Å². The Morgan fingerprint density at radius 1 is 0.889 bits per heavy atom. The van der Waals surface area contributed by atoms with Crippen LogP contribution >= 0.6 is 0 Å². The lowest BCUT2D eigenvalue weighted by atomic mass is 10.1. The van der Waals surface area contributed by atoms with E-state index in [-0.39, 0.29) is 5.56 Å². The van der Waals surface area contributed by atoms with Crippen LogP contribution in [0.4, 0.5) is 30.2 Å². The molecule has 0 aromatic heterocycles. The molecule has 3 nitrogen and oxygen atoms in total. The van der Waals surface area contributed by atoms with E-state index in [9.17, 15) is 18.0 Å². The summed E-state index contributed by atoms with van der Waals surface area (Å²) in [5, 5.41) is 0. The standard InChI is InChI=1S/C21H17F3N2O/c1-14-10-11-18(13-19(14)25)26(17-8-3-2-4-9-17)20(27)15-6-5-7-16(12-15)21(22,23)24/h2-13H,25H2,1H3. The van der Waals surface area contributed by atoms with Gasteiger partial charge in [-0.2, -0.15) is 13.2 Å². The Balaban J connectivity index is 2.11. The minimum Gasteiger partial charge on any atom is -0.398 e. The van der Waals surface area contributed by atoms with Gasteiger partial charge in [-0.3, -0.25) is 9.69 Å². The number of alkyl halides is 3. The van der Waals surface area contributed by atoms with Gasteiger partial charge >= 0.3 is 6.18 Å². The molecule has 0 aliphatic carbocycles. The molecule has 0 atom stereocenters. The number of halogens is 3. The van der Waals surface area contributed by atoms with E-state index in [1.54, 1.807) is 48.5 Å². The zero-order valence-corrected chi connectivity index (χ0v) is 14.5. The van der Waals surface area contributed by atoms with Crippen LogP contribution in [-0.4, -0.2) is 5.91 Å². The highest BCUT2D eigenvalue weighted by molar-refractivity contribution is 6.11. The van der Waals surface area contributed by atoms with Gasteiger partial charge in [0.2, 0.25) is 0 Å². The molecule has 1 amide bonds. The van der Waals surface area contributed by atoms with E-state index in [1.165, 1.54) is 17.0 Å². The summed E-state index contributed by atoms with van der Waals surface area (Å²) in [6.07, 6.45) is -4.53. The van der Waals surface area contributed by atoms with Crippen molar-refractivity contribution in [1.82, 2.24) is 0 Å². The molecule has 0 bridgehead atoms. The summed E-state index contributed by atoms with van der Waals surface area (Å²) in [5.41, 5.74) is 7.38. The molecule has 138 valence electrons. The van der Waals surface area contributed by atoms with E-state index in [1.807, 2.05) is 6.92 Å². The van der Waals surface area contributed by atoms with Gasteiger partial charge in [0, 0.05) is 16.9 Å². The molecule has 0 unspecified atom stereocenters. The van der Waals surface area contributed by atoms with Gasteiger partial charge in [-0.1, -0.05) is 30.3 Å². The predicted molar refractivity (Wildman–Crippen MR) is 99.9 cm³/mol. The summed E-state index contributed by atoms with van der Waals surface area (Å²) in [6.45, 7) is 1.83. The highest BCUT2D eigenvalue weighted by Gasteiger charge is 2.31. The zero-order chi connectivity index (χ0) is 19.6. The zero-order valence-electron chi connectivity index (χ0n) is 14.5. The molecule has 3 rings (SSSR count). The van der Waals surface area contributed by atoms with Crippen LogP contribution in [-0.2, 0) is 6.18 Å². The van der Waals surface area contributed by atoms with Crippen LogP contribution < -0.4 is 10.6 Å². The van der Waals surface area contributed by atoms with E-state index in [0.717, 1.165) is 17.7 Å². The van der Waals surface area contributed by atoms with Crippen molar-refractivity contribution in [3.05, 3.63) is 89.5 Å². The molecule has 0 radical (unpaired) electrons. The van der Waals surface area contributed by atoms with E-state index >= 15 is 0 Å². The van der Waals surface area contributed by atoms with Gasteiger partial charge < -0.3 is 5.73 Å². The van der Waals surface area contributed by atoms with Crippen molar-refractivity contribution in [3.8, 4) is 0 Å². The van der Waals surface area contributed by atoms with Crippen LogP contribution in [0.5, 0.6) is 0 Å². The molecule has 0 saturated heterocycles. The van der Waals surface area contributed by atoms with Crippen molar-refractivity contribution in [3.63, 3.8) is 0 Å². The van der Waals surface area contributed by atoms with Crippen molar-refractivity contribution in [2.24, 2.45) is 0 Å². The first kappa shape index (κ1) is 18.5. The van der Waals surface area contributed by atoms with Gasteiger partial charge in [-0.05, 0) is 55.0 Å². The number of amides is 1. The molecular formula is C21H17F3N2O. The maximum atomic E-state index is 13.1. The number of anilines is 3. The van der Waals surface area contributed by atoms with E-state index in [4.69, 9.17) is 5.73 Å². The first-order chi connectivity index (χ1) is 12.8. The third-order valence-electron chi connectivity index (χ3n) is 4.18. The van der Waals surface area contributed by atoms with Gasteiger partial charge in [-0.25, -0.2) is 0 Å². The average molecular weight is 370 g/mol. The first-order valence-corrected chi connectivity index (χ1v) is 8.20. The third-order valence-corrected chi connectivity index (χ3v) is 4.18. The summed E-state index contributed by atoms with van der Waals surface area (Å²) in [7, 11) is 0. The number of para-hydroxylation sites is 1. The van der Waals surface area contributed by atoms with Gasteiger partial charge in [0.05, 0.1) is 11.3 Å². The second-order valence-corrected chi connectivity index (χ2v) is 6.10. The monoisotopic (exact) mass is 370 g/mol. The lowest BCUT2D eigenvalue weighted by Crippen LogP contribution is -2.26. The topological polar surface area (TPSA) is 46.3 Å². The fourth-order valence-electron chi connectivity index (χ4n) is 2.69. The van der Waals surface area contributed by atoms with Crippen LogP contribution in [0.25, 0.3) is 0 Å². The largest absolute Gasteiger partial charge is 0.416 e. The Hall–Kier alpha value is -3.28. The summed E-state index contributed by atoms with van der Waals surface area (Å²) in [5.74, 6) is -0.574. The number of nitrogens with zero attached hydrogens (tertiary/aromatic N) is 1. The molecular weight excluding hydrogens is 353 g/mol. The third kappa shape index (κ3) is 3.95. The fourth-order valence-corrected chi connectivity index (χ4v) is 2.69. The highest BCUT2D eigenvalue weighted by Crippen LogP contribution is 2.33. The summed E-state index contributed by atoms with van der Waals surface area (Å²) in [6, 6.07) is 18.2. The minimum atomic E-state index is -4.53. The Kier molecular flexibility index (Phi) is 4.90. The van der Waals surface area contributed by atoms with Crippen LogP contribution in [0.2, 0.25) is 0 Å². The minimum absolute atomic E-state index is 0.0622. The molecule has 0 aliphatic heterocycles. The molecule has 0 spiro atoms. The Morgan fingerprint density at radius 3 is 2.22 bits per heavy atom. The summed E-state index contributed by atoms with van der Waals surface area (Å²) >= 11 is 0. The number of hydrogen-bond acceptors (Lipinski definition) is 2. The molecule has 0 heterocycles. The Labute approximate surface area is 154 Å². The molecule has 6 heteroatoms. The molecule has 3 aromatic carbocycles. The lowest BCUT2D eigenvalue weighted by molar-refractivity contribution is -0.137. The maximum Gasteiger partial charge on any atom is 0.416 e. The SMILES string of the molecule is Cc1ccc(N(C(=O)c2cccc(C(F)(F)F)c2)c2ccccc2)cc1N. The van der Waals surface area contributed by atoms with Crippen molar-refractivity contribution in [2.75, 3.05) is 10.6 Å². The number of rotatable bonds is 3. The molecule has 27 heavy (non-hydrogen) atoms. The molecule has 0 saturated carbocycles. The second kappa shape index (κ2) is 7.15. The number of nitrogen functional groups attached to an aromatic ring is 1. The van der Waals surface area contributed by atoms with Crippen molar-refractivity contribution in [2.45, 2.75) is 13.1 Å². The normalized spacial score (nSPS) is 11.3. The Morgan fingerprint density at radius 2 is 1.59 bits per heavy atom. The predicted octanol–water partition coefficient (Wildman–Crippen LogP) is 5.57. The van der Waals surface area contributed by atoms with Crippen molar-refractivity contribution < 1.29 is 18.0 Å². The maximum absolute atomic E-state index is 13.1. The van der Waals surface area contributed by atoms with Crippen LogP contribution in [0.1, 0.15) is 21.5 Å². The highest BCUT2D eigenvalue weighted by atomic mass is 19.4. The first-order valence-electron chi connectivity index (χ1n) is 8.20. The Bertz CT molecular complexity index is 969. The average Bonchev–Trinajstić information content (AvgIpc) is 2.65. The quantitative estimate of drug-likeness (QED) is 0.612. The smallest absolute Gasteiger partial charge is 0.398 e. The van der Waals surface area contributed by atoms with E-state index in [2.05, 4.69) is 0 Å². The van der Waals surface area contributed by atoms with Crippen LogP contribution in [0.3, 0.4) is 0 Å². The van der Waals surface area contributed by atoms with Gasteiger partial charge in [0.1, 0.15) is 0 Å². The number of carbonyl (C=O) groups is 1. The number of benzene rings is 3. The summed E-state index contributed by atoms with van der Waals surface area (Å²) in [4.78, 5) is 14.5. The number of nitrogens with two attached hydrogens (primary N) is 1. The van der Waals surface area contributed by atoms with Crippen molar-refractivity contribution >= 4 is 23.0 Å². The van der Waals surface area contributed by atoms with Gasteiger partial charge in [0.15, 0.2) is 0 Å². The molecule has 3 aromatic rings. The van der Waals surface area contributed by atoms with Crippen molar-refractivity contribution in [1.29, 1.82) is 0 Å². The molecule has 0 fully saturated rings. The number of aryl methyl sites for hydroxylation is 1. The molecule has 2 N–H and O–H groups in total.